The Hall–Kier alpha value is -2.64. The molecule has 2 aromatic carbocycles. The number of nitrogens with one attached hydrogen (secondary N) is 1. The predicted octanol–water partition coefficient (Wildman–Crippen LogP) is 4.42. The van der Waals surface area contributed by atoms with E-state index in [1.165, 1.54) is 11.3 Å². The number of benzene rings is 2. The summed E-state index contributed by atoms with van der Waals surface area (Å²) >= 11 is 1.18. The van der Waals surface area contributed by atoms with Crippen molar-refractivity contribution in [1.82, 2.24) is 0 Å². The van der Waals surface area contributed by atoms with Gasteiger partial charge in [-0.15, -0.1) is 11.3 Å². The standard InChI is InChI=1S/C20H19NO4S2/c22-20(23)17-10-4-7-15(14-17)6-3-9-16-8-1-2-11-18(16)21-27(24,25)19-12-5-13-26-19/h1-2,4-5,7-8,10-14,21H,3,6,9H2,(H,22,23). The second-order valence-electron chi connectivity index (χ2n) is 6.05. The zero-order valence-electron chi connectivity index (χ0n) is 14.5. The molecular weight excluding hydrogens is 382 g/mol. The van der Waals surface area contributed by atoms with Crippen LogP contribution in [0.25, 0.3) is 0 Å². The molecule has 3 rings (SSSR count). The van der Waals surface area contributed by atoms with E-state index < -0.39 is 16.0 Å². The minimum absolute atomic E-state index is 0.275. The van der Waals surface area contributed by atoms with Crippen LogP contribution < -0.4 is 4.72 Å². The van der Waals surface area contributed by atoms with Crippen LogP contribution in [0.5, 0.6) is 0 Å². The molecule has 0 amide bonds. The Bertz CT molecular complexity index is 1030. The third-order valence-corrected chi connectivity index (χ3v) is 6.87. The zero-order chi connectivity index (χ0) is 19.3. The van der Waals surface area contributed by atoms with E-state index in [0.717, 1.165) is 17.5 Å². The van der Waals surface area contributed by atoms with Crippen LogP contribution in [0, 0.1) is 0 Å². The molecule has 3 aromatic rings. The molecule has 27 heavy (non-hydrogen) atoms. The van der Waals surface area contributed by atoms with E-state index in [1.807, 2.05) is 18.2 Å². The molecule has 0 saturated carbocycles. The van der Waals surface area contributed by atoms with Crippen LogP contribution in [0.3, 0.4) is 0 Å². The highest BCUT2D eigenvalue weighted by Crippen LogP contribution is 2.24. The first kappa shape index (κ1) is 19.1. The molecule has 140 valence electrons. The lowest BCUT2D eigenvalue weighted by molar-refractivity contribution is 0.0696. The Morgan fingerprint density at radius 2 is 1.81 bits per heavy atom. The van der Waals surface area contributed by atoms with Crippen LogP contribution >= 0.6 is 11.3 Å². The zero-order valence-corrected chi connectivity index (χ0v) is 16.1. The number of anilines is 1. The molecule has 0 fully saturated rings. The molecule has 5 nitrogen and oxygen atoms in total. The molecule has 0 unspecified atom stereocenters. The Labute approximate surface area is 162 Å². The van der Waals surface area contributed by atoms with Gasteiger partial charge in [0.25, 0.3) is 10.0 Å². The monoisotopic (exact) mass is 401 g/mol. The molecule has 0 radical (unpaired) electrons. The summed E-state index contributed by atoms with van der Waals surface area (Å²) in [4.78, 5) is 11.1. The normalized spacial score (nSPS) is 11.3. The second kappa shape index (κ2) is 8.37. The summed E-state index contributed by atoms with van der Waals surface area (Å²) in [6.45, 7) is 0. The average Bonchev–Trinajstić information content (AvgIpc) is 3.19. The minimum atomic E-state index is -3.58. The molecule has 0 saturated heterocycles. The Morgan fingerprint density at radius 1 is 1.00 bits per heavy atom. The lowest BCUT2D eigenvalue weighted by atomic mass is 10.0. The van der Waals surface area contributed by atoms with Gasteiger partial charge < -0.3 is 5.11 Å². The fraction of sp³-hybridized carbons (Fsp3) is 0.150. The summed E-state index contributed by atoms with van der Waals surface area (Å²) in [5.41, 5.74) is 2.71. The quantitative estimate of drug-likeness (QED) is 0.585. The fourth-order valence-electron chi connectivity index (χ4n) is 2.79. The minimum Gasteiger partial charge on any atom is -0.478 e. The van der Waals surface area contributed by atoms with Gasteiger partial charge in [-0.2, -0.15) is 0 Å². The van der Waals surface area contributed by atoms with E-state index >= 15 is 0 Å². The molecule has 0 spiro atoms. The van der Waals surface area contributed by atoms with Gasteiger partial charge in [0, 0.05) is 0 Å². The number of carbonyl (C=O) groups is 1. The summed E-state index contributed by atoms with van der Waals surface area (Å²) in [5, 5.41) is 10.8. The van der Waals surface area contributed by atoms with Crippen molar-refractivity contribution < 1.29 is 18.3 Å². The first-order valence-electron chi connectivity index (χ1n) is 8.42. The van der Waals surface area contributed by atoms with E-state index in [1.54, 1.807) is 47.8 Å². The number of hydrogen-bond acceptors (Lipinski definition) is 4. The highest BCUT2D eigenvalue weighted by Gasteiger charge is 2.16. The molecular formula is C20H19NO4S2. The van der Waals surface area contributed by atoms with Gasteiger partial charge in [-0.3, -0.25) is 4.72 Å². The van der Waals surface area contributed by atoms with Crippen molar-refractivity contribution in [1.29, 1.82) is 0 Å². The van der Waals surface area contributed by atoms with E-state index in [2.05, 4.69) is 4.72 Å². The third-order valence-electron chi connectivity index (χ3n) is 4.11. The van der Waals surface area contributed by atoms with Crippen LogP contribution in [0.2, 0.25) is 0 Å². The van der Waals surface area contributed by atoms with Crippen molar-refractivity contribution in [3.05, 3.63) is 82.7 Å². The first-order valence-corrected chi connectivity index (χ1v) is 10.8. The number of carboxylic acid groups (broad SMARTS) is 1. The number of sulfonamides is 1. The highest BCUT2D eigenvalue weighted by atomic mass is 32.2. The lowest BCUT2D eigenvalue weighted by Crippen LogP contribution is -2.13. The molecule has 7 heteroatoms. The number of aryl methyl sites for hydroxylation is 2. The van der Waals surface area contributed by atoms with Crippen molar-refractivity contribution >= 4 is 33.0 Å². The van der Waals surface area contributed by atoms with E-state index in [9.17, 15) is 13.2 Å². The van der Waals surface area contributed by atoms with Crippen molar-refractivity contribution in [2.24, 2.45) is 0 Å². The Kier molecular flexibility index (Phi) is 5.93. The maximum absolute atomic E-state index is 12.5. The average molecular weight is 402 g/mol. The van der Waals surface area contributed by atoms with Crippen molar-refractivity contribution in [3.8, 4) is 0 Å². The Balaban J connectivity index is 1.68. The summed E-state index contributed by atoms with van der Waals surface area (Å²) < 4.78 is 27.9. The van der Waals surface area contributed by atoms with Gasteiger partial charge >= 0.3 is 5.97 Å². The molecule has 0 aliphatic heterocycles. The number of carboxylic acids is 1. The molecule has 0 atom stereocenters. The van der Waals surface area contributed by atoms with Gasteiger partial charge in [0.15, 0.2) is 0 Å². The van der Waals surface area contributed by atoms with Crippen molar-refractivity contribution in [3.63, 3.8) is 0 Å². The van der Waals surface area contributed by atoms with E-state index in [0.29, 0.717) is 18.5 Å². The van der Waals surface area contributed by atoms with E-state index in [4.69, 9.17) is 5.11 Å². The maximum Gasteiger partial charge on any atom is 0.335 e. The van der Waals surface area contributed by atoms with Crippen LogP contribution in [0.1, 0.15) is 27.9 Å². The molecule has 0 aliphatic rings. The number of aromatic carboxylic acids is 1. The molecule has 0 aliphatic carbocycles. The van der Waals surface area contributed by atoms with E-state index in [-0.39, 0.29) is 9.77 Å². The van der Waals surface area contributed by atoms with Crippen LogP contribution in [-0.4, -0.2) is 19.5 Å². The van der Waals surface area contributed by atoms with Crippen LogP contribution in [0.15, 0.2) is 70.3 Å². The lowest BCUT2D eigenvalue weighted by Gasteiger charge is -2.12. The first-order chi connectivity index (χ1) is 13.0. The summed E-state index contributed by atoms with van der Waals surface area (Å²) in [6.07, 6.45) is 2.17. The van der Waals surface area contributed by atoms with Crippen LogP contribution in [0.4, 0.5) is 5.69 Å². The van der Waals surface area contributed by atoms with Gasteiger partial charge in [-0.05, 0) is 60.0 Å². The number of para-hydroxylation sites is 1. The largest absolute Gasteiger partial charge is 0.478 e. The number of thiophene rings is 1. The van der Waals surface area contributed by atoms with Gasteiger partial charge in [0.2, 0.25) is 0 Å². The summed E-state index contributed by atoms with van der Waals surface area (Å²) in [7, 11) is -3.58. The van der Waals surface area contributed by atoms with Gasteiger partial charge in [0.05, 0.1) is 11.3 Å². The van der Waals surface area contributed by atoms with Gasteiger partial charge in [0.1, 0.15) is 4.21 Å². The Morgan fingerprint density at radius 3 is 2.56 bits per heavy atom. The molecule has 1 aromatic heterocycles. The highest BCUT2D eigenvalue weighted by molar-refractivity contribution is 7.94. The fourth-order valence-corrected chi connectivity index (χ4v) is 4.89. The van der Waals surface area contributed by atoms with Gasteiger partial charge in [-0.25, -0.2) is 13.2 Å². The maximum atomic E-state index is 12.5. The molecule has 0 bridgehead atoms. The SMILES string of the molecule is O=C(O)c1cccc(CCCc2ccccc2NS(=O)(=O)c2cccs2)c1. The smallest absolute Gasteiger partial charge is 0.335 e. The predicted molar refractivity (Wildman–Crippen MR) is 107 cm³/mol. The molecule has 1 heterocycles. The number of hydrogen-bond donors (Lipinski definition) is 2. The van der Waals surface area contributed by atoms with Crippen LogP contribution in [-0.2, 0) is 22.9 Å². The van der Waals surface area contributed by atoms with Gasteiger partial charge in [-0.1, -0.05) is 36.4 Å². The summed E-state index contributed by atoms with van der Waals surface area (Å²) in [5.74, 6) is -0.940. The topological polar surface area (TPSA) is 83.5 Å². The third kappa shape index (κ3) is 4.96. The van der Waals surface area contributed by atoms with Crippen molar-refractivity contribution in [2.45, 2.75) is 23.5 Å². The second-order valence-corrected chi connectivity index (χ2v) is 8.91. The molecule has 2 N–H and O–H groups in total. The van der Waals surface area contributed by atoms with Crippen molar-refractivity contribution in [2.75, 3.05) is 4.72 Å². The summed E-state index contributed by atoms with van der Waals surface area (Å²) in [6, 6.07) is 17.5. The number of rotatable bonds is 8.